The number of H-pyrrole nitrogens is 1. The Labute approximate surface area is 174 Å². The van der Waals surface area contributed by atoms with E-state index < -0.39 is 23.2 Å². The molecule has 0 atom stereocenters. The average Bonchev–Trinajstić information content (AvgIpc) is 3.12. The molecule has 0 saturated heterocycles. The van der Waals surface area contributed by atoms with Crippen LogP contribution in [-0.2, 0) is 22.5 Å². The summed E-state index contributed by atoms with van der Waals surface area (Å²) in [5.41, 5.74) is 0.499. The Morgan fingerprint density at radius 3 is 2.77 bits per heavy atom. The predicted octanol–water partition coefficient (Wildman–Crippen LogP) is 2.61. The van der Waals surface area contributed by atoms with Gasteiger partial charge in [-0.15, -0.1) is 0 Å². The molecular formula is C21H17F2N5O3. The molecule has 0 spiro atoms. The number of aromatic amines is 1. The Morgan fingerprint density at radius 2 is 2.00 bits per heavy atom. The fourth-order valence-electron chi connectivity index (χ4n) is 3.16. The summed E-state index contributed by atoms with van der Waals surface area (Å²) >= 11 is 0. The van der Waals surface area contributed by atoms with E-state index in [-0.39, 0.29) is 36.5 Å². The molecule has 0 aliphatic heterocycles. The first-order chi connectivity index (χ1) is 15.0. The summed E-state index contributed by atoms with van der Waals surface area (Å²) in [4.78, 5) is 35.2. The van der Waals surface area contributed by atoms with Crippen molar-refractivity contribution in [3.63, 3.8) is 0 Å². The van der Waals surface area contributed by atoms with Gasteiger partial charge < -0.3 is 9.72 Å². The van der Waals surface area contributed by atoms with Crippen LogP contribution in [0.3, 0.4) is 0 Å². The minimum absolute atomic E-state index is 0.0672. The molecule has 0 aliphatic carbocycles. The van der Waals surface area contributed by atoms with Gasteiger partial charge in [0.15, 0.2) is 23.1 Å². The van der Waals surface area contributed by atoms with Crippen molar-refractivity contribution in [2.45, 2.75) is 19.9 Å². The maximum absolute atomic E-state index is 14.1. The lowest BCUT2D eigenvalue weighted by molar-refractivity contribution is -0.142. The van der Waals surface area contributed by atoms with Crippen LogP contribution in [0.15, 0.2) is 47.5 Å². The third-order valence-corrected chi connectivity index (χ3v) is 4.60. The molecule has 0 aliphatic rings. The van der Waals surface area contributed by atoms with Crippen molar-refractivity contribution in [2.75, 3.05) is 6.61 Å². The Bertz CT molecular complexity index is 1330. The molecule has 0 bridgehead atoms. The quantitative estimate of drug-likeness (QED) is 0.477. The predicted molar refractivity (Wildman–Crippen MR) is 107 cm³/mol. The number of fused-ring (bicyclic) bond motifs is 1. The summed E-state index contributed by atoms with van der Waals surface area (Å²) in [6.45, 7) is 1.82. The lowest BCUT2D eigenvalue weighted by Gasteiger charge is -2.05. The van der Waals surface area contributed by atoms with Crippen molar-refractivity contribution >= 4 is 17.0 Å². The van der Waals surface area contributed by atoms with E-state index in [2.05, 4.69) is 20.1 Å². The van der Waals surface area contributed by atoms with Crippen molar-refractivity contribution in [3.05, 3.63) is 75.8 Å². The average molecular weight is 425 g/mol. The van der Waals surface area contributed by atoms with Crippen molar-refractivity contribution in [1.29, 1.82) is 0 Å². The standard InChI is InChI=1S/C21H17F2N5O3/c1-2-31-16(29)9-13-10-25-19(26-21(13)30)18-14-6-4-8-24-20(14)28(27-18)11-12-5-3-7-15(22)17(12)23/h3-8,10H,2,9,11H2,1H3,(H,25,26,30). The van der Waals surface area contributed by atoms with Crippen LogP contribution in [0, 0.1) is 11.6 Å². The highest BCUT2D eigenvalue weighted by Crippen LogP contribution is 2.25. The van der Waals surface area contributed by atoms with Gasteiger partial charge in [0.2, 0.25) is 0 Å². The van der Waals surface area contributed by atoms with Crippen molar-refractivity contribution in [2.24, 2.45) is 0 Å². The SMILES string of the molecule is CCOC(=O)Cc1cnc(-c2nn(Cc3cccc(F)c3F)c3ncccc23)[nH]c1=O. The minimum Gasteiger partial charge on any atom is -0.466 e. The van der Waals surface area contributed by atoms with Gasteiger partial charge in [-0.3, -0.25) is 9.59 Å². The number of halogens is 2. The molecule has 31 heavy (non-hydrogen) atoms. The maximum Gasteiger partial charge on any atom is 0.310 e. The molecule has 3 heterocycles. The van der Waals surface area contributed by atoms with Gasteiger partial charge in [0, 0.05) is 23.5 Å². The van der Waals surface area contributed by atoms with E-state index in [1.165, 1.54) is 23.0 Å². The normalized spacial score (nSPS) is 11.1. The number of aromatic nitrogens is 5. The van der Waals surface area contributed by atoms with Crippen LogP contribution >= 0.6 is 0 Å². The molecule has 4 rings (SSSR count). The lowest BCUT2D eigenvalue weighted by atomic mass is 10.2. The number of nitrogens with one attached hydrogen (secondary N) is 1. The Balaban J connectivity index is 1.74. The van der Waals surface area contributed by atoms with Gasteiger partial charge in [-0.05, 0) is 25.1 Å². The molecule has 1 aromatic carbocycles. The molecule has 1 N–H and O–H groups in total. The fraction of sp³-hybridized carbons (Fsp3) is 0.190. The van der Waals surface area contributed by atoms with Gasteiger partial charge in [-0.1, -0.05) is 12.1 Å². The van der Waals surface area contributed by atoms with Gasteiger partial charge in [0.25, 0.3) is 5.56 Å². The topological polar surface area (TPSA) is 103 Å². The van der Waals surface area contributed by atoms with Crippen molar-refractivity contribution < 1.29 is 18.3 Å². The summed E-state index contributed by atoms with van der Waals surface area (Å²) in [5.74, 6) is -2.28. The smallest absolute Gasteiger partial charge is 0.310 e. The minimum atomic E-state index is -0.960. The van der Waals surface area contributed by atoms with E-state index in [0.29, 0.717) is 16.7 Å². The number of nitrogens with zero attached hydrogens (tertiary/aromatic N) is 4. The number of esters is 1. The molecular weight excluding hydrogens is 408 g/mol. The van der Waals surface area contributed by atoms with Gasteiger partial charge in [-0.2, -0.15) is 5.10 Å². The molecule has 0 unspecified atom stereocenters. The van der Waals surface area contributed by atoms with E-state index in [4.69, 9.17) is 4.74 Å². The van der Waals surface area contributed by atoms with Gasteiger partial charge in [-0.25, -0.2) is 23.4 Å². The summed E-state index contributed by atoms with van der Waals surface area (Å²) in [5, 5.41) is 5.00. The van der Waals surface area contributed by atoms with E-state index in [1.54, 1.807) is 25.3 Å². The molecule has 8 nitrogen and oxygen atoms in total. The van der Waals surface area contributed by atoms with Crippen LogP contribution in [0.2, 0.25) is 0 Å². The first-order valence-corrected chi connectivity index (χ1v) is 9.46. The van der Waals surface area contributed by atoms with Crippen molar-refractivity contribution in [1.82, 2.24) is 24.7 Å². The summed E-state index contributed by atoms with van der Waals surface area (Å²) in [7, 11) is 0. The summed E-state index contributed by atoms with van der Waals surface area (Å²) < 4.78 is 34.0. The van der Waals surface area contributed by atoms with Gasteiger partial charge in [0.1, 0.15) is 5.69 Å². The van der Waals surface area contributed by atoms with E-state index >= 15 is 0 Å². The highest BCUT2D eigenvalue weighted by molar-refractivity contribution is 5.89. The molecule has 0 amide bonds. The third-order valence-electron chi connectivity index (χ3n) is 4.60. The Kier molecular flexibility index (Phi) is 5.52. The second-order valence-corrected chi connectivity index (χ2v) is 6.66. The number of hydrogen-bond acceptors (Lipinski definition) is 6. The van der Waals surface area contributed by atoms with Crippen molar-refractivity contribution in [3.8, 4) is 11.5 Å². The largest absolute Gasteiger partial charge is 0.466 e. The molecule has 0 radical (unpaired) electrons. The zero-order valence-corrected chi connectivity index (χ0v) is 16.4. The summed E-state index contributed by atoms with van der Waals surface area (Å²) in [6.07, 6.45) is 2.63. The Hall–Kier alpha value is -3.95. The molecule has 0 saturated carbocycles. The molecule has 10 heteroatoms. The first kappa shape index (κ1) is 20.3. The van der Waals surface area contributed by atoms with E-state index in [0.717, 1.165) is 6.07 Å². The summed E-state index contributed by atoms with van der Waals surface area (Å²) in [6, 6.07) is 7.33. The highest BCUT2D eigenvalue weighted by Gasteiger charge is 2.18. The maximum atomic E-state index is 14.1. The number of benzene rings is 1. The van der Waals surface area contributed by atoms with Crippen LogP contribution in [-0.4, -0.2) is 37.3 Å². The second kappa shape index (κ2) is 8.42. The molecule has 3 aromatic heterocycles. The monoisotopic (exact) mass is 425 g/mol. The Morgan fingerprint density at radius 1 is 1.16 bits per heavy atom. The second-order valence-electron chi connectivity index (χ2n) is 6.66. The fourth-order valence-corrected chi connectivity index (χ4v) is 3.16. The number of hydrogen-bond donors (Lipinski definition) is 1. The van der Waals surface area contributed by atoms with E-state index in [9.17, 15) is 18.4 Å². The van der Waals surface area contributed by atoms with Crippen LogP contribution < -0.4 is 5.56 Å². The number of carbonyl (C=O) groups is 1. The molecule has 4 aromatic rings. The van der Waals surface area contributed by atoms with Gasteiger partial charge in [0.05, 0.1) is 25.0 Å². The van der Waals surface area contributed by atoms with E-state index in [1.807, 2.05) is 0 Å². The zero-order valence-electron chi connectivity index (χ0n) is 16.4. The highest BCUT2D eigenvalue weighted by atomic mass is 19.2. The van der Waals surface area contributed by atoms with Crippen LogP contribution in [0.25, 0.3) is 22.6 Å². The zero-order chi connectivity index (χ0) is 22.0. The van der Waals surface area contributed by atoms with Crippen LogP contribution in [0.1, 0.15) is 18.1 Å². The first-order valence-electron chi connectivity index (χ1n) is 9.46. The third kappa shape index (κ3) is 4.04. The van der Waals surface area contributed by atoms with Gasteiger partial charge >= 0.3 is 5.97 Å². The molecule has 0 fully saturated rings. The number of carbonyl (C=O) groups excluding carboxylic acids is 1. The van der Waals surface area contributed by atoms with Crippen LogP contribution in [0.5, 0.6) is 0 Å². The molecule has 158 valence electrons. The number of rotatable bonds is 6. The number of ether oxygens (including phenoxy) is 1. The van der Waals surface area contributed by atoms with Crippen LogP contribution in [0.4, 0.5) is 8.78 Å². The number of pyridine rings is 1. The lowest BCUT2D eigenvalue weighted by Crippen LogP contribution is -2.19.